The van der Waals surface area contributed by atoms with E-state index in [0.717, 1.165) is 25.2 Å². The number of rotatable bonds is 6. The first-order chi connectivity index (χ1) is 5.81. The standard InChI is InChI=1S/C8H12ClN2P.B/c9-12(7-3-1-5-10)8-4-2-6-11;/h1-4,7-8H2;. The Labute approximate surface area is 88.0 Å². The van der Waals surface area contributed by atoms with Crippen molar-refractivity contribution in [3.8, 4) is 12.1 Å². The molecule has 5 heteroatoms. The van der Waals surface area contributed by atoms with Crippen LogP contribution in [0.4, 0.5) is 0 Å². The van der Waals surface area contributed by atoms with Crippen molar-refractivity contribution in [3.63, 3.8) is 0 Å². The van der Waals surface area contributed by atoms with Gasteiger partial charge in [0.25, 0.3) is 0 Å². The fraction of sp³-hybridized carbons (Fsp3) is 0.750. The summed E-state index contributed by atoms with van der Waals surface area (Å²) in [7, 11) is -0.434. The van der Waals surface area contributed by atoms with Crippen molar-refractivity contribution in [2.75, 3.05) is 12.3 Å². The Bertz CT molecular complexity index is 168. The third-order valence-corrected chi connectivity index (χ3v) is 4.00. The second-order valence-electron chi connectivity index (χ2n) is 2.43. The van der Waals surface area contributed by atoms with Crippen LogP contribution in [-0.2, 0) is 0 Å². The van der Waals surface area contributed by atoms with Gasteiger partial charge in [0.1, 0.15) is 0 Å². The molecule has 0 rings (SSSR count). The van der Waals surface area contributed by atoms with Crippen LogP contribution in [0.1, 0.15) is 25.7 Å². The van der Waals surface area contributed by atoms with Crippen molar-refractivity contribution < 1.29 is 0 Å². The maximum atomic E-state index is 8.26. The number of unbranched alkanes of at least 4 members (excludes halogenated alkanes) is 2. The van der Waals surface area contributed by atoms with Gasteiger partial charge in [-0.1, -0.05) is 11.2 Å². The molecule has 0 saturated heterocycles. The summed E-state index contributed by atoms with van der Waals surface area (Å²) in [6.45, 7) is 0. The summed E-state index contributed by atoms with van der Waals surface area (Å²) in [5.41, 5.74) is 0. The van der Waals surface area contributed by atoms with Crippen molar-refractivity contribution in [1.29, 1.82) is 10.5 Å². The zero-order valence-electron chi connectivity index (χ0n) is 7.54. The molecule has 0 bridgehead atoms. The molecule has 3 radical (unpaired) electrons. The van der Waals surface area contributed by atoms with Crippen LogP contribution in [0.3, 0.4) is 0 Å². The minimum atomic E-state index is -0.434. The highest BCUT2D eigenvalue weighted by molar-refractivity contribution is 7.83. The second-order valence-corrected chi connectivity index (χ2v) is 5.69. The molecule has 0 aliphatic carbocycles. The fourth-order valence-electron chi connectivity index (χ4n) is 0.771. The highest BCUT2D eigenvalue weighted by Gasteiger charge is 2.02. The van der Waals surface area contributed by atoms with E-state index < -0.39 is 7.27 Å². The molecular weight excluding hydrogens is 201 g/mol. The predicted octanol–water partition coefficient (Wildman–Crippen LogP) is 2.85. The molecule has 0 aliphatic heterocycles. The van der Waals surface area contributed by atoms with Gasteiger partial charge in [0.15, 0.2) is 0 Å². The molecule has 0 fully saturated rings. The smallest absolute Gasteiger partial charge is 0.0621 e. The zero-order chi connectivity index (χ0) is 9.23. The quantitative estimate of drug-likeness (QED) is 0.387. The van der Waals surface area contributed by atoms with E-state index in [9.17, 15) is 0 Å². The lowest BCUT2D eigenvalue weighted by molar-refractivity contribution is 0.951. The van der Waals surface area contributed by atoms with Crippen LogP contribution in [0.25, 0.3) is 0 Å². The van der Waals surface area contributed by atoms with Gasteiger partial charge in [-0.2, -0.15) is 10.5 Å². The SMILES string of the molecule is N#CCCCP(Cl)CCCC#N.[B]. The number of halogens is 1. The van der Waals surface area contributed by atoms with Gasteiger partial charge >= 0.3 is 0 Å². The van der Waals surface area contributed by atoms with E-state index in [0.29, 0.717) is 12.8 Å². The van der Waals surface area contributed by atoms with Gasteiger partial charge in [0.2, 0.25) is 0 Å². The molecule has 0 aromatic rings. The highest BCUT2D eigenvalue weighted by atomic mass is 35.7. The van der Waals surface area contributed by atoms with Gasteiger partial charge in [-0.05, 0) is 32.4 Å². The van der Waals surface area contributed by atoms with Crippen molar-refractivity contribution in [1.82, 2.24) is 0 Å². The Hall–Kier alpha value is -0.235. The Morgan fingerprint density at radius 2 is 1.38 bits per heavy atom. The molecule has 69 valence electrons. The zero-order valence-corrected chi connectivity index (χ0v) is 9.19. The maximum absolute atomic E-state index is 8.26. The summed E-state index contributed by atoms with van der Waals surface area (Å²) in [4.78, 5) is 0. The van der Waals surface area contributed by atoms with E-state index in [4.69, 9.17) is 21.8 Å². The van der Waals surface area contributed by atoms with Crippen molar-refractivity contribution in [3.05, 3.63) is 0 Å². The van der Waals surface area contributed by atoms with Gasteiger partial charge in [0.05, 0.1) is 12.1 Å². The minimum absolute atomic E-state index is 0. The third kappa shape index (κ3) is 11.8. The van der Waals surface area contributed by atoms with Gasteiger partial charge in [-0.25, -0.2) is 0 Å². The summed E-state index contributed by atoms with van der Waals surface area (Å²) in [5, 5.41) is 16.5. The Balaban J connectivity index is 0. The van der Waals surface area contributed by atoms with Crippen LogP contribution in [0.5, 0.6) is 0 Å². The van der Waals surface area contributed by atoms with Crippen LogP contribution >= 0.6 is 18.5 Å². The lowest BCUT2D eigenvalue weighted by Gasteiger charge is -2.05. The summed E-state index contributed by atoms with van der Waals surface area (Å²) < 4.78 is 0. The molecule has 0 aliphatic rings. The molecule has 2 nitrogen and oxygen atoms in total. The Kier molecular flexibility index (Phi) is 13.8. The first-order valence-corrected chi connectivity index (χ1v) is 6.57. The maximum Gasteiger partial charge on any atom is 0.0621 e. The van der Waals surface area contributed by atoms with Crippen molar-refractivity contribution in [2.24, 2.45) is 0 Å². The minimum Gasteiger partial charge on any atom is -0.198 e. The fourth-order valence-corrected chi connectivity index (χ4v) is 2.71. The van der Waals surface area contributed by atoms with E-state index in [1.807, 2.05) is 0 Å². The summed E-state index contributed by atoms with van der Waals surface area (Å²) in [6.07, 6.45) is 4.91. The average Bonchev–Trinajstić information content (AvgIpc) is 2.06. The molecule has 0 unspecified atom stereocenters. The molecule has 0 N–H and O–H groups in total. The Morgan fingerprint density at radius 1 is 1.00 bits per heavy atom. The first-order valence-electron chi connectivity index (χ1n) is 3.96. The van der Waals surface area contributed by atoms with Gasteiger partial charge < -0.3 is 0 Å². The average molecular weight is 213 g/mol. The van der Waals surface area contributed by atoms with E-state index in [-0.39, 0.29) is 8.41 Å². The van der Waals surface area contributed by atoms with Crippen molar-refractivity contribution >= 4 is 26.9 Å². The third-order valence-electron chi connectivity index (χ3n) is 1.38. The van der Waals surface area contributed by atoms with Crippen LogP contribution in [0, 0.1) is 22.7 Å². The second kappa shape index (κ2) is 11.8. The lowest BCUT2D eigenvalue weighted by atomic mass is 10.4. The van der Waals surface area contributed by atoms with E-state index in [1.165, 1.54) is 0 Å². The highest BCUT2D eigenvalue weighted by Crippen LogP contribution is 2.42. The normalized spacial score (nSPS) is 8.62. The molecular formula is C8H12BClN2P. The summed E-state index contributed by atoms with van der Waals surface area (Å²) >= 11 is 6.00. The van der Waals surface area contributed by atoms with E-state index in [2.05, 4.69) is 12.1 Å². The largest absolute Gasteiger partial charge is 0.198 e. The molecule has 0 aromatic carbocycles. The van der Waals surface area contributed by atoms with Crippen LogP contribution in [0.2, 0.25) is 0 Å². The van der Waals surface area contributed by atoms with E-state index >= 15 is 0 Å². The monoisotopic (exact) mass is 213 g/mol. The number of nitriles is 2. The van der Waals surface area contributed by atoms with Crippen LogP contribution < -0.4 is 0 Å². The molecule has 0 saturated carbocycles. The van der Waals surface area contributed by atoms with Crippen LogP contribution in [-0.4, -0.2) is 20.7 Å². The van der Waals surface area contributed by atoms with E-state index in [1.54, 1.807) is 0 Å². The Morgan fingerprint density at radius 3 is 1.69 bits per heavy atom. The summed E-state index contributed by atoms with van der Waals surface area (Å²) in [6, 6.07) is 4.18. The number of hydrogen-bond donors (Lipinski definition) is 0. The summed E-state index contributed by atoms with van der Waals surface area (Å²) in [5.74, 6) is 0. The predicted molar refractivity (Wildman–Crippen MR) is 58.0 cm³/mol. The van der Waals surface area contributed by atoms with Gasteiger partial charge in [0, 0.05) is 21.3 Å². The van der Waals surface area contributed by atoms with Gasteiger partial charge in [-0.3, -0.25) is 0 Å². The lowest BCUT2D eigenvalue weighted by Crippen LogP contribution is -1.85. The van der Waals surface area contributed by atoms with Crippen LogP contribution in [0.15, 0.2) is 0 Å². The molecule has 0 heterocycles. The van der Waals surface area contributed by atoms with Gasteiger partial charge in [-0.15, -0.1) is 0 Å². The number of hydrogen-bond acceptors (Lipinski definition) is 2. The first kappa shape index (κ1) is 15.2. The number of nitrogens with zero attached hydrogens (tertiary/aromatic N) is 2. The topological polar surface area (TPSA) is 47.6 Å². The molecule has 0 amide bonds. The molecule has 0 aromatic heterocycles. The molecule has 0 spiro atoms. The molecule has 0 atom stereocenters. The molecule has 13 heavy (non-hydrogen) atoms. The van der Waals surface area contributed by atoms with Crippen molar-refractivity contribution in [2.45, 2.75) is 25.7 Å².